The molecule has 0 unspecified atom stereocenters. The van der Waals surface area contributed by atoms with Crippen LogP contribution in [0.4, 0.5) is 19.1 Å². The average Bonchev–Trinajstić information content (AvgIpc) is 3.04. The van der Waals surface area contributed by atoms with E-state index in [4.69, 9.17) is 10.5 Å². The molecule has 148 valence electrons. The topological polar surface area (TPSA) is 145 Å². The second-order valence-corrected chi connectivity index (χ2v) is 6.11. The molecule has 0 bridgehead atoms. The summed E-state index contributed by atoms with van der Waals surface area (Å²) >= 11 is 0. The molecule has 0 saturated carbocycles. The highest BCUT2D eigenvalue weighted by molar-refractivity contribution is 5.88. The molecule has 1 saturated heterocycles. The molecule has 0 amide bonds. The number of Topliss-reactive ketones (excluding diaryl/α,β-unsaturated/α-hetero) is 1. The Morgan fingerprint density at radius 3 is 2.70 bits per heavy atom. The largest absolute Gasteiger partial charge is 0.452 e. The Bertz CT molecular complexity index is 1010. The number of carbonyl (C=O) groups is 1. The molecule has 3 atom stereocenters. The van der Waals surface area contributed by atoms with Crippen LogP contribution in [0.1, 0.15) is 26.0 Å². The first-order chi connectivity index (χ1) is 12.6. The van der Waals surface area contributed by atoms with Crippen molar-refractivity contribution in [2.75, 3.05) is 5.73 Å². The van der Waals surface area contributed by atoms with E-state index in [1.54, 1.807) is 6.92 Å². The number of nitrogens with two attached hydrogens (primary N) is 1. The van der Waals surface area contributed by atoms with E-state index in [0.717, 1.165) is 9.13 Å². The van der Waals surface area contributed by atoms with Gasteiger partial charge < -0.3 is 15.6 Å². The number of anilines is 1. The lowest BCUT2D eigenvalue weighted by Gasteiger charge is -2.16. The van der Waals surface area contributed by atoms with Crippen LogP contribution in [-0.2, 0) is 16.1 Å². The number of alkyl halides is 3. The van der Waals surface area contributed by atoms with Gasteiger partial charge >= 0.3 is 11.9 Å². The van der Waals surface area contributed by atoms with Crippen LogP contribution in [0.3, 0.4) is 0 Å². The van der Waals surface area contributed by atoms with Gasteiger partial charge in [0.25, 0.3) is 11.3 Å². The number of carbonyl (C=O) groups excluding carboxylic acids is 1. The van der Waals surface area contributed by atoms with Gasteiger partial charge in [0.05, 0.1) is 0 Å². The van der Waals surface area contributed by atoms with Gasteiger partial charge in [0.15, 0.2) is 17.4 Å². The zero-order valence-electron chi connectivity index (χ0n) is 14.0. The van der Waals surface area contributed by atoms with Gasteiger partial charge in [0, 0.05) is 13.0 Å². The molecule has 0 spiro atoms. The van der Waals surface area contributed by atoms with Crippen molar-refractivity contribution >= 4 is 22.9 Å². The molecule has 3 rings (SSSR count). The van der Waals surface area contributed by atoms with E-state index in [-0.39, 0.29) is 23.7 Å². The summed E-state index contributed by atoms with van der Waals surface area (Å²) in [7, 11) is 0. The van der Waals surface area contributed by atoms with E-state index >= 15 is 0 Å². The summed E-state index contributed by atoms with van der Waals surface area (Å²) < 4.78 is 44.8. The number of rotatable bonds is 4. The second-order valence-electron chi connectivity index (χ2n) is 6.11. The van der Waals surface area contributed by atoms with Crippen molar-refractivity contribution in [3.05, 3.63) is 20.8 Å². The quantitative estimate of drug-likeness (QED) is 0.646. The predicted octanol–water partition coefficient (Wildman–Crippen LogP) is -0.342. The van der Waals surface area contributed by atoms with Gasteiger partial charge in [-0.2, -0.15) is 18.2 Å². The van der Waals surface area contributed by atoms with Crippen molar-refractivity contribution in [2.45, 2.75) is 50.9 Å². The van der Waals surface area contributed by atoms with E-state index in [1.165, 1.54) is 0 Å². The number of fused-ring (bicyclic) bond motifs is 1. The van der Waals surface area contributed by atoms with Gasteiger partial charge in [-0.05, 0) is 6.42 Å². The number of imidazole rings is 1. The van der Waals surface area contributed by atoms with Crippen molar-refractivity contribution in [3.8, 4) is 0 Å². The molecule has 27 heavy (non-hydrogen) atoms. The molecule has 2 aromatic rings. The third-order valence-corrected chi connectivity index (χ3v) is 4.19. The number of hydrogen-bond donors (Lipinski definition) is 3. The Labute approximate surface area is 148 Å². The summed E-state index contributed by atoms with van der Waals surface area (Å²) in [5.41, 5.74) is 3.54. The Kier molecular flexibility index (Phi) is 4.59. The van der Waals surface area contributed by atoms with E-state index in [0.29, 0.717) is 6.42 Å². The van der Waals surface area contributed by atoms with Crippen LogP contribution in [0, 0.1) is 0 Å². The van der Waals surface area contributed by atoms with Crippen LogP contribution in [-0.4, -0.2) is 48.4 Å². The van der Waals surface area contributed by atoms with Crippen LogP contribution >= 0.6 is 0 Å². The van der Waals surface area contributed by atoms with E-state index in [9.17, 15) is 32.7 Å². The lowest BCUT2D eigenvalue weighted by Crippen LogP contribution is -2.35. The maximum absolute atomic E-state index is 12.7. The molecular formula is C14H16F3N5O5. The SMILES string of the molecule is CCCn1c(=O)n([C@@H]2O[C@H](C(=O)C(F)(F)F)C[C@H]2O)c2nc(N)[nH]c(=O)c21. The lowest BCUT2D eigenvalue weighted by atomic mass is 10.1. The molecular weight excluding hydrogens is 375 g/mol. The number of ketones is 1. The fourth-order valence-electron chi connectivity index (χ4n) is 3.09. The number of aromatic amines is 1. The maximum atomic E-state index is 12.7. The van der Waals surface area contributed by atoms with Gasteiger partial charge in [-0.1, -0.05) is 6.92 Å². The minimum Gasteiger partial charge on any atom is -0.388 e. The number of aliphatic hydroxyl groups excluding tert-OH is 1. The highest BCUT2D eigenvalue weighted by Crippen LogP contribution is 2.33. The number of halogens is 3. The molecule has 1 aliphatic rings. The highest BCUT2D eigenvalue weighted by atomic mass is 19.4. The molecule has 13 heteroatoms. The summed E-state index contributed by atoms with van der Waals surface area (Å²) in [5, 5.41) is 10.1. The summed E-state index contributed by atoms with van der Waals surface area (Å²) in [4.78, 5) is 42.5. The van der Waals surface area contributed by atoms with Gasteiger partial charge in [-0.3, -0.25) is 19.1 Å². The summed E-state index contributed by atoms with van der Waals surface area (Å²) in [6.07, 6.45) is -10.5. The summed E-state index contributed by atoms with van der Waals surface area (Å²) in [6.45, 7) is 1.86. The zero-order chi connectivity index (χ0) is 20.1. The van der Waals surface area contributed by atoms with Crippen molar-refractivity contribution in [1.82, 2.24) is 19.1 Å². The smallest absolute Gasteiger partial charge is 0.388 e. The van der Waals surface area contributed by atoms with Gasteiger partial charge in [-0.25, -0.2) is 9.36 Å². The molecule has 0 aliphatic carbocycles. The average molecular weight is 391 g/mol. The standard InChI is InChI=1S/C14H16F3N5O5/c1-2-3-21-7-9(19-12(18)20-10(7)25)22(13(21)26)11-5(23)4-6(27-11)8(24)14(15,16)17/h5-6,11,23H,2-4H2,1H3,(H3,18,19,20,25)/t5-,6+,11-/m1/s1. The number of nitrogen functional groups attached to an aromatic ring is 1. The first-order valence-corrected chi connectivity index (χ1v) is 8.01. The minimum atomic E-state index is -5.15. The van der Waals surface area contributed by atoms with E-state index in [2.05, 4.69) is 9.97 Å². The number of aromatic nitrogens is 4. The van der Waals surface area contributed by atoms with Crippen molar-refractivity contribution in [2.24, 2.45) is 0 Å². The number of H-pyrrole nitrogens is 1. The zero-order valence-corrected chi connectivity index (χ0v) is 14.0. The molecule has 2 aromatic heterocycles. The van der Waals surface area contributed by atoms with Crippen molar-refractivity contribution < 1.29 is 27.8 Å². The minimum absolute atomic E-state index is 0.116. The first kappa shape index (κ1) is 19.1. The number of ether oxygens (including phenoxy) is 1. The monoisotopic (exact) mass is 391 g/mol. The highest BCUT2D eigenvalue weighted by Gasteiger charge is 2.50. The predicted molar refractivity (Wildman–Crippen MR) is 84.9 cm³/mol. The van der Waals surface area contributed by atoms with Gasteiger partial charge in [-0.15, -0.1) is 0 Å². The fourth-order valence-corrected chi connectivity index (χ4v) is 3.09. The van der Waals surface area contributed by atoms with Crippen LogP contribution < -0.4 is 17.0 Å². The molecule has 4 N–H and O–H groups in total. The van der Waals surface area contributed by atoms with E-state index in [1.807, 2.05) is 0 Å². The Morgan fingerprint density at radius 2 is 2.11 bits per heavy atom. The summed E-state index contributed by atoms with van der Waals surface area (Å²) in [6, 6.07) is 0. The molecule has 0 radical (unpaired) electrons. The third-order valence-electron chi connectivity index (χ3n) is 4.19. The Morgan fingerprint density at radius 1 is 1.44 bits per heavy atom. The van der Waals surface area contributed by atoms with Crippen LogP contribution in [0.15, 0.2) is 9.59 Å². The fraction of sp³-hybridized carbons (Fsp3) is 0.571. The second kappa shape index (κ2) is 6.49. The normalized spacial score (nSPS) is 23.2. The lowest BCUT2D eigenvalue weighted by molar-refractivity contribution is -0.183. The van der Waals surface area contributed by atoms with E-state index < -0.39 is 48.1 Å². The Balaban J connectivity index is 2.15. The van der Waals surface area contributed by atoms with Gasteiger partial charge in [0.2, 0.25) is 5.95 Å². The molecule has 10 nitrogen and oxygen atoms in total. The number of nitrogens with one attached hydrogen (secondary N) is 1. The third kappa shape index (κ3) is 3.12. The van der Waals surface area contributed by atoms with Crippen molar-refractivity contribution in [1.29, 1.82) is 0 Å². The Hall–Kier alpha value is -2.67. The number of hydrogen-bond acceptors (Lipinski definition) is 7. The molecule has 3 heterocycles. The molecule has 0 aromatic carbocycles. The number of aliphatic hydroxyl groups is 1. The maximum Gasteiger partial charge on any atom is 0.452 e. The van der Waals surface area contributed by atoms with Crippen LogP contribution in [0.2, 0.25) is 0 Å². The number of nitrogens with zero attached hydrogens (tertiary/aromatic N) is 3. The molecule has 1 fully saturated rings. The number of aryl methyl sites for hydroxylation is 1. The van der Waals surface area contributed by atoms with Crippen molar-refractivity contribution in [3.63, 3.8) is 0 Å². The summed E-state index contributed by atoms with van der Waals surface area (Å²) in [5.74, 6) is -2.50. The van der Waals surface area contributed by atoms with Crippen LogP contribution in [0.25, 0.3) is 11.2 Å². The van der Waals surface area contributed by atoms with Crippen LogP contribution in [0.5, 0.6) is 0 Å². The molecule has 1 aliphatic heterocycles. The first-order valence-electron chi connectivity index (χ1n) is 8.01. The van der Waals surface area contributed by atoms with Gasteiger partial charge in [0.1, 0.15) is 12.2 Å².